The highest BCUT2D eigenvalue weighted by molar-refractivity contribution is 6.31. The number of nitrogen functional groups attached to an aromatic ring is 1. The zero-order valence-corrected chi connectivity index (χ0v) is 10.4. The molecule has 0 fully saturated rings. The van der Waals surface area contributed by atoms with E-state index in [-0.39, 0.29) is 16.5 Å². The van der Waals surface area contributed by atoms with Crippen molar-refractivity contribution in [3.8, 4) is 0 Å². The molecule has 0 aliphatic heterocycles. The molecule has 4 nitrogen and oxygen atoms in total. The van der Waals surface area contributed by atoms with Gasteiger partial charge >= 0.3 is 6.18 Å². The maximum absolute atomic E-state index is 13.6. The number of hydrogen-bond donors (Lipinski definition) is 2. The second-order valence-corrected chi connectivity index (χ2v) is 4.13. The number of rotatable bonds is 2. The Kier molecular flexibility index (Phi) is 3.67. The highest BCUT2D eigenvalue weighted by atomic mass is 35.5. The molecule has 0 bridgehead atoms. The molecule has 0 amide bonds. The number of nitrogens with two attached hydrogens (primary N) is 1. The number of hydrogen-bond acceptors (Lipinski definition) is 4. The number of anilines is 3. The van der Waals surface area contributed by atoms with Crippen LogP contribution in [-0.4, -0.2) is 9.97 Å². The van der Waals surface area contributed by atoms with E-state index in [1.807, 2.05) is 0 Å². The molecule has 2 rings (SSSR count). The summed E-state index contributed by atoms with van der Waals surface area (Å²) >= 11 is 5.56. The Bertz CT molecular complexity index is 645. The molecule has 0 radical (unpaired) electrons. The summed E-state index contributed by atoms with van der Waals surface area (Å²) in [7, 11) is 0. The van der Waals surface area contributed by atoms with Gasteiger partial charge < -0.3 is 11.1 Å². The minimum atomic E-state index is -4.68. The molecule has 2 aromatic rings. The lowest BCUT2D eigenvalue weighted by Gasteiger charge is -2.11. The summed E-state index contributed by atoms with van der Waals surface area (Å²) in [5.41, 5.74) is 3.85. The topological polar surface area (TPSA) is 63.8 Å². The molecule has 3 N–H and O–H groups in total. The largest absolute Gasteiger partial charge is 0.433 e. The summed E-state index contributed by atoms with van der Waals surface area (Å²) in [5, 5.41) is 2.20. The number of nitrogens with one attached hydrogen (secondary N) is 1. The number of alkyl halides is 3. The van der Waals surface area contributed by atoms with E-state index in [0.717, 1.165) is 0 Å². The fraction of sp³-hybridized carbons (Fsp3) is 0.0909. The maximum atomic E-state index is 13.6. The van der Waals surface area contributed by atoms with E-state index in [2.05, 4.69) is 15.3 Å². The number of benzene rings is 1. The van der Waals surface area contributed by atoms with Crippen molar-refractivity contribution >= 4 is 29.1 Å². The SMILES string of the molecule is Nc1nc(Nc2cccc(Cl)c2F)cc(C(F)(F)F)n1. The molecule has 1 aromatic heterocycles. The second kappa shape index (κ2) is 5.12. The van der Waals surface area contributed by atoms with E-state index in [9.17, 15) is 17.6 Å². The fourth-order valence-electron chi connectivity index (χ4n) is 1.41. The van der Waals surface area contributed by atoms with E-state index < -0.39 is 23.6 Å². The number of aromatic nitrogens is 2. The van der Waals surface area contributed by atoms with Crippen LogP contribution in [0, 0.1) is 5.82 Å². The highest BCUT2D eigenvalue weighted by Crippen LogP contribution is 2.31. The van der Waals surface area contributed by atoms with E-state index in [0.29, 0.717) is 6.07 Å². The zero-order chi connectivity index (χ0) is 14.9. The van der Waals surface area contributed by atoms with Crippen LogP contribution in [0.15, 0.2) is 24.3 Å². The van der Waals surface area contributed by atoms with Gasteiger partial charge in [-0.25, -0.2) is 9.37 Å². The van der Waals surface area contributed by atoms with Crippen LogP contribution >= 0.6 is 11.6 Å². The van der Waals surface area contributed by atoms with Crippen LogP contribution in [0.5, 0.6) is 0 Å². The molecule has 0 spiro atoms. The third-order valence-electron chi connectivity index (χ3n) is 2.25. The summed E-state index contributed by atoms with van der Waals surface area (Å²) in [5.74, 6) is -1.67. The Labute approximate surface area is 115 Å². The molecule has 0 aliphatic carbocycles. The van der Waals surface area contributed by atoms with Crippen LogP contribution in [0.3, 0.4) is 0 Å². The molecule has 9 heteroatoms. The van der Waals surface area contributed by atoms with Crippen molar-refractivity contribution in [2.75, 3.05) is 11.1 Å². The molecule has 0 saturated carbocycles. The van der Waals surface area contributed by atoms with Crippen LogP contribution in [0.4, 0.5) is 35.0 Å². The van der Waals surface area contributed by atoms with E-state index in [4.69, 9.17) is 17.3 Å². The van der Waals surface area contributed by atoms with Gasteiger partial charge in [-0.05, 0) is 12.1 Å². The Hall–Kier alpha value is -2.09. The van der Waals surface area contributed by atoms with Gasteiger partial charge in [0.1, 0.15) is 5.82 Å². The first-order valence-corrected chi connectivity index (χ1v) is 5.58. The standard InChI is InChI=1S/C11H7ClF4N4/c12-5-2-1-3-6(9(5)13)18-8-4-7(11(14,15)16)19-10(17)20-8/h1-4H,(H3,17,18,19,20). The van der Waals surface area contributed by atoms with Gasteiger partial charge in [-0.15, -0.1) is 0 Å². The monoisotopic (exact) mass is 306 g/mol. The summed E-state index contributed by atoms with van der Waals surface area (Å²) in [6.45, 7) is 0. The third-order valence-corrected chi connectivity index (χ3v) is 2.54. The van der Waals surface area contributed by atoms with Crippen LogP contribution in [0.25, 0.3) is 0 Å². The predicted molar refractivity (Wildman–Crippen MR) is 66.1 cm³/mol. The molecular formula is C11H7ClF4N4. The van der Waals surface area contributed by atoms with Crippen LogP contribution in [0.2, 0.25) is 5.02 Å². The van der Waals surface area contributed by atoms with Gasteiger partial charge in [-0.2, -0.15) is 18.2 Å². The fourth-order valence-corrected chi connectivity index (χ4v) is 1.59. The summed E-state index contributed by atoms with van der Waals surface area (Å²) in [6, 6.07) is 4.66. The maximum Gasteiger partial charge on any atom is 0.433 e. The van der Waals surface area contributed by atoms with Crippen molar-refractivity contribution in [2.24, 2.45) is 0 Å². The van der Waals surface area contributed by atoms with Crippen LogP contribution in [0.1, 0.15) is 5.69 Å². The van der Waals surface area contributed by atoms with E-state index in [1.165, 1.54) is 18.2 Å². The molecule has 0 atom stereocenters. The van der Waals surface area contributed by atoms with Gasteiger partial charge in [-0.1, -0.05) is 17.7 Å². The smallest absolute Gasteiger partial charge is 0.368 e. The average Bonchev–Trinajstić information content (AvgIpc) is 2.33. The Morgan fingerprint density at radius 1 is 1.20 bits per heavy atom. The van der Waals surface area contributed by atoms with Crippen molar-refractivity contribution in [1.82, 2.24) is 9.97 Å². The molecule has 106 valence electrons. The molecule has 0 unspecified atom stereocenters. The average molecular weight is 307 g/mol. The lowest BCUT2D eigenvalue weighted by molar-refractivity contribution is -0.141. The second-order valence-electron chi connectivity index (χ2n) is 3.72. The normalized spacial score (nSPS) is 11.4. The zero-order valence-electron chi connectivity index (χ0n) is 9.67. The van der Waals surface area contributed by atoms with Crippen molar-refractivity contribution in [2.45, 2.75) is 6.18 Å². The van der Waals surface area contributed by atoms with Crippen LogP contribution < -0.4 is 11.1 Å². The first-order chi connectivity index (χ1) is 9.27. The summed E-state index contributed by atoms with van der Waals surface area (Å²) < 4.78 is 51.3. The minimum absolute atomic E-state index is 0.122. The lowest BCUT2D eigenvalue weighted by atomic mass is 10.3. The quantitative estimate of drug-likeness (QED) is 0.832. The molecule has 0 saturated heterocycles. The Morgan fingerprint density at radius 2 is 1.90 bits per heavy atom. The van der Waals surface area contributed by atoms with Gasteiger partial charge in [0.2, 0.25) is 5.95 Å². The number of nitrogens with zero attached hydrogens (tertiary/aromatic N) is 2. The molecule has 20 heavy (non-hydrogen) atoms. The molecular weight excluding hydrogens is 300 g/mol. The Morgan fingerprint density at radius 3 is 2.55 bits per heavy atom. The van der Waals surface area contributed by atoms with Crippen molar-refractivity contribution < 1.29 is 17.6 Å². The summed E-state index contributed by atoms with van der Waals surface area (Å²) in [6.07, 6.45) is -4.68. The minimum Gasteiger partial charge on any atom is -0.368 e. The van der Waals surface area contributed by atoms with Gasteiger partial charge in [0.15, 0.2) is 11.5 Å². The molecule has 1 aromatic carbocycles. The predicted octanol–water partition coefficient (Wildman–Crippen LogP) is 3.61. The van der Waals surface area contributed by atoms with Gasteiger partial charge in [0, 0.05) is 6.07 Å². The lowest BCUT2D eigenvalue weighted by Crippen LogP contribution is -2.12. The van der Waals surface area contributed by atoms with Gasteiger partial charge in [-0.3, -0.25) is 0 Å². The van der Waals surface area contributed by atoms with Gasteiger partial charge in [0.25, 0.3) is 0 Å². The number of halogens is 5. The Balaban J connectivity index is 2.39. The third kappa shape index (κ3) is 3.08. The van der Waals surface area contributed by atoms with E-state index >= 15 is 0 Å². The van der Waals surface area contributed by atoms with Crippen molar-refractivity contribution in [3.05, 3.63) is 40.8 Å². The molecule has 0 aliphatic rings. The molecule has 1 heterocycles. The van der Waals surface area contributed by atoms with E-state index in [1.54, 1.807) is 0 Å². The first kappa shape index (κ1) is 14.3. The van der Waals surface area contributed by atoms with Crippen molar-refractivity contribution in [1.29, 1.82) is 0 Å². The first-order valence-electron chi connectivity index (χ1n) is 5.20. The summed E-state index contributed by atoms with van der Waals surface area (Å²) in [4.78, 5) is 6.63. The van der Waals surface area contributed by atoms with Gasteiger partial charge in [0.05, 0.1) is 10.7 Å². The van der Waals surface area contributed by atoms with Crippen LogP contribution in [-0.2, 0) is 6.18 Å². The highest BCUT2D eigenvalue weighted by Gasteiger charge is 2.33. The van der Waals surface area contributed by atoms with Crippen molar-refractivity contribution in [3.63, 3.8) is 0 Å².